The van der Waals surface area contributed by atoms with E-state index in [-0.39, 0.29) is 40.9 Å². The molecule has 0 aliphatic carbocycles. The van der Waals surface area contributed by atoms with Gasteiger partial charge in [0.15, 0.2) is 0 Å². The molecule has 1 rings (SSSR count). The molecule has 23 heavy (non-hydrogen) atoms. The number of carbonyl (C=O) groups excluding carboxylic acids is 1. The van der Waals surface area contributed by atoms with E-state index in [1.807, 2.05) is 0 Å². The predicted octanol–water partition coefficient (Wildman–Crippen LogP) is 0.00290. The molecule has 124 valence electrons. The van der Waals surface area contributed by atoms with Crippen LogP contribution in [0.25, 0.3) is 0 Å². The Bertz CT molecular complexity index is 440. The molecule has 0 spiro atoms. The van der Waals surface area contributed by atoms with Gasteiger partial charge in [-0.1, -0.05) is 57.6 Å². The van der Waals surface area contributed by atoms with Crippen LogP contribution in [0.15, 0.2) is 24.3 Å². The molecule has 4 N–H and O–H groups in total. The first kappa shape index (κ1) is 24.4. The summed E-state index contributed by atoms with van der Waals surface area (Å²) >= 11 is 0. The van der Waals surface area contributed by atoms with Crippen LogP contribution in [0.1, 0.15) is 57.4 Å². The summed E-state index contributed by atoms with van der Waals surface area (Å²) in [4.78, 5) is 20.3. The Labute approximate surface area is 160 Å². The second kappa shape index (κ2) is 16.0. The van der Waals surface area contributed by atoms with Gasteiger partial charge in [-0.2, -0.15) is 6.07 Å². The van der Waals surface area contributed by atoms with Crippen LogP contribution in [0.3, 0.4) is 0 Å². The van der Waals surface area contributed by atoms with Crippen molar-refractivity contribution >= 4 is 12.3 Å². The number of carbonyl (C=O) groups is 1. The third-order valence-electron chi connectivity index (χ3n) is 3.20. The first-order valence-corrected chi connectivity index (χ1v) is 7.67. The number of hydrogen-bond acceptors (Lipinski definition) is 4. The van der Waals surface area contributed by atoms with E-state index in [0.29, 0.717) is 6.42 Å². The topological polar surface area (TPSA) is 101 Å². The van der Waals surface area contributed by atoms with E-state index in [2.05, 4.69) is 6.92 Å². The zero-order valence-corrected chi connectivity index (χ0v) is 16.1. The number of aliphatic carboxylic acids is 1. The first-order valence-electron chi connectivity index (χ1n) is 7.67. The summed E-state index contributed by atoms with van der Waals surface area (Å²) in [5, 5.41) is 17.3. The fourth-order valence-electron chi connectivity index (χ4n) is 1.83. The zero-order valence-electron chi connectivity index (χ0n) is 14.1. The van der Waals surface area contributed by atoms with Crippen molar-refractivity contribution in [2.75, 3.05) is 0 Å². The molecule has 1 aromatic rings. The molecule has 0 radical (unpaired) electrons. The Kier molecular flexibility index (Phi) is 16.9. The molecule has 0 heterocycles. The molecule has 0 saturated heterocycles. The SMILES string of the molecule is CCCCCCCCC(N)C(=O)O.O=[C-]c1ccccc1O.[Na+]. The predicted molar refractivity (Wildman–Crippen MR) is 86.5 cm³/mol. The second-order valence-electron chi connectivity index (χ2n) is 5.12. The number of benzene rings is 1. The van der Waals surface area contributed by atoms with Crippen molar-refractivity contribution in [3.63, 3.8) is 0 Å². The number of aromatic hydroxyl groups is 1. The average Bonchev–Trinajstić information content (AvgIpc) is 2.51. The fraction of sp³-hybridized carbons (Fsp3) is 0.529. The monoisotopic (exact) mass is 331 g/mol. The molecule has 0 amide bonds. The van der Waals surface area contributed by atoms with E-state index in [4.69, 9.17) is 15.9 Å². The molecular formula is C17H26NNaO4. The summed E-state index contributed by atoms with van der Waals surface area (Å²) in [5.74, 6) is -0.902. The van der Waals surface area contributed by atoms with Gasteiger partial charge in [-0.05, 0) is 6.42 Å². The molecule has 6 heteroatoms. The zero-order chi connectivity index (χ0) is 16.8. The van der Waals surface area contributed by atoms with E-state index in [1.165, 1.54) is 37.8 Å². The Balaban J connectivity index is 0. The Hall–Kier alpha value is -0.880. The Morgan fingerprint density at radius 1 is 1.17 bits per heavy atom. The van der Waals surface area contributed by atoms with Crippen molar-refractivity contribution in [1.82, 2.24) is 0 Å². The second-order valence-corrected chi connectivity index (χ2v) is 5.12. The molecular weight excluding hydrogens is 305 g/mol. The standard InChI is InChI=1S/C10H21NO2.C7H5O2.Na/c1-2-3-4-5-6-7-8-9(11)10(12)13;8-5-6-3-1-2-4-7(6)9;/h9H,2-8,11H2,1H3,(H,12,13);1-4,9H;/q;-1;+1. The molecule has 1 unspecified atom stereocenters. The summed E-state index contributed by atoms with van der Waals surface area (Å²) in [6.07, 6.45) is 9.26. The van der Waals surface area contributed by atoms with Crippen molar-refractivity contribution in [2.24, 2.45) is 5.73 Å². The summed E-state index contributed by atoms with van der Waals surface area (Å²) < 4.78 is 0. The van der Waals surface area contributed by atoms with E-state index < -0.39 is 12.0 Å². The largest absolute Gasteiger partial charge is 1.00 e. The van der Waals surface area contributed by atoms with Gasteiger partial charge in [0.05, 0.1) is 6.29 Å². The van der Waals surface area contributed by atoms with Crippen LogP contribution in [0.2, 0.25) is 0 Å². The normalized spacial score (nSPS) is 10.7. The van der Waals surface area contributed by atoms with Gasteiger partial charge >= 0.3 is 35.5 Å². The molecule has 0 bridgehead atoms. The van der Waals surface area contributed by atoms with Crippen LogP contribution in [-0.4, -0.2) is 28.5 Å². The number of phenols is 1. The van der Waals surface area contributed by atoms with Crippen LogP contribution < -0.4 is 35.3 Å². The van der Waals surface area contributed by atoms with Crippen LogP contribution in [0.4, 0.5) is 0 Å². The number of hydrogen-bond donors (Lipinski definition) is 3. The number of carboxylic acid groups (broad SMARTS) is 1. The van der Waals surface area contributed by atoms with Gasteiger partial charge < -0.3 is 20.7 Å². The third-order valence-corrected chi connectivity index (χ3v) is 3.20. The van der Waals surface area contributed by atoms with Gasteiger partial charge in [0.1, 0.15) is 6.04 Å². The molecule has 0 aliphatic heterocycles. The molecule has 1 aromatic carbocycles. The molecule has 0 saturated carbocycles. The summed E-state index contributed by atoms with van der Waals surface area (Å²) in [6.45, 7) is 2.18. The van der Waals surface area contributed by atoms with Crippen LogP contribution >= 0.6 is 0 Å². The van der Waals surface area contributed by atoms with Crippen molar-refractivity contribution < 1.29 is 49.4 Å². The summed E-state index contributed by atoms with van der Waals surface area (Å²) in [5.41, 5.74) is 5.56. The average molecular weight is 331 g/mol. The van der Waals surface area contributed by atoms with Crippen molar-refractivity contribution in [3.8, 4) is 5.75 Å². The van der Waals surface area contributed by atoms with Gasteiger partial charge in [-0.25, -0.2) is 0 Å². The number of phenolic OH excluding ortho intramolecular Hbond substituents is 1. The van der Waals surface area contributed by atoms with Crippen molar-refractivity contribution in [1.29, 1.82) is 0 Å². The maximum absolute atomic E-state index is 10.3. The molecule has 0 aromatic heterocycles. The summed E-state index contributed by atoms with van der Waals surface area (Å²) in [7, 11) is 0. The van der Waals surface area contributed by atoms with Crippen molar-refractivity contribution in [3.05, 3.63) is 29.8 Å². The smallest absolute Gasteiger partial charge is 0.565 e. The van der Waals surface area contributed by atoms with Gasteiger partial charge in [-0.3, -0.25) is 4.79 Å². The number of unbranched alkanes of at least 4 members (excludes halogenated alkanes) is 5. The van der Waals surface area contributed by atoms with E-state index in [1.54, 1.807) is 18.4 Å². The van der Waals surface area contributed by atoms with Gasteiger partial charge in [0, 0.05) is 5.75 Å². The van der Waals surface area contributed by atoms with E-state index in [0.717, 1.165) is 12.8 Å². The molecule has 0 aliphatic rings. The van der Waals surface area contributed by atoms with Gasteiger partial charge in [-0.15, -0.1) is 11.6 Å². The minimum Gasteiger partial charge on any atom is -0.565 e. The first-order chi connectivity index (χ1) is 10.5. The van der Waals surface area contributed by atoms with Gasteiger partial charge in [0.25, 0.3) is 0 Å². The van der Waals surface area contributed by atoms with E-state index in [9.17, 15) is 9.59 Å². The van der Waals surface area contributed by atoms with E-state index >= 15 is 0 Å². The van der Waals surface area contributed by atoms with Crippen molar-refractivity contribution in [2.45, 2.75) is 57.9 Å². The molecule has 5 nitrogen and oxygen atoms in total. The molecule has 1 atom stereocenters. The Morgan fingerprint density at radius 3 is 2.22 bits per heavy atom. The summed E-state index contributed by atoms with van der Waals surface area (Å²) in [6, 6.07) is 5.60. The van der Waals surface area contributed by atoms with Crippen LogP contribution in [0, 0.1) is 0 Å². The number of para-hydroxylation sites is 1. The number of nitrogens with two attached hydrogens (primary N) is 1. The van der Waals surface area contributed by atoms with Crippen LogP contribution in [-0.2, 0) is 9.59 Å². The fourth-order valence-corrected chi connectivity index (χ4v) is 1.83. The minimum absolute atomic E-state index is 0. The quantitative estimate of drug-likeness (QED) is 0.336. The maximum Gasteiger partial charge on any atom is 1.00 e. The molecule has 0 fully saturated rings. The van der Waals surface area contributed by atoms with Crippen LogP contribution in [0.5, 0.6) is 5.75 Å². The van der Waals surface area contributed by atoms with Gasteiger partial charge in [0.2, 0.25) is 0 Å². The third kappa shape index (κ3) is 13.3. The maximum atomic E-state index is 10.3. The number of carboxylic acids is 1. The number of rotatable bonds is 9. The Morgan fingerprint density at radius 2 is 1.74 bits per heavy atom. The minimum atomic E-state index is -0.881.